The average Bonchev–Trinajstić information content (AvgIpc) is 3.21. The molecule has 0 bridgehead atoms. The maximum absolute atomic E-state index is 5.87. The Labute approximate surface area is 109 Å². The van der Waals surface area contributed by atoms with E-state index in [1.807, 2.05) is 24.5 Å². The van der Waals surface area contributed by atoms with Crippen LogP contribution in [-0.4, -0.2) is 43.2 Å². The van der Waals surface area contributed by atoms with Crippen molar-refractivity contribution in [3.8, 4) is 0 Å². The highest BCUT2D eigenvalue weighted by atomic mass is 16.5. The van der Waals surface area contributed by atoms with Gasteiger partial charge in [-0.25, -0.2) is 0 Å². The van der Waals surface area contributed by atoms with Crippen molar-refractivity contribution in [2.45, 2.75) is 18.9 Å². The number of nitrogens with two attached hydrogens (primary N) is 1. The molecule has 1 aliphatic carbocycles. The molecule has 1 aromatic heterocycles. The van der Waals surface area contributed by atoms with E-state index in [2.05, 4.69) is 16.9 Å². The molecule has 1 saturated carbocycles. The van der Waals surface area contributed by atoms with Crippen molar-refractivity contribution >= 4 is 0 Å². The SMILES string of the molecule is CN(CCOCC1CC1)C(CN)c1ccncc1. The molecule has 1 aromatic rings. The summed E-state index contributed by atoms with van der Waals surface area (Å²) in [4.78, 5) is 6.29. The Hall–Kier alpha value is -0.970. The van der Waals surface area contributed by atoms with Crippen LogP contribution >= 0.6 is 0 Å². The van der Waals surface area contributed by atoms with Crippen LogP contribution in [0.5, 0.6) is 0 Å². The molecule has 1 fully saturated rings. The van der Waals surface area contributed by atoms with E-state index in [9.17, 15) is 0 Å². The molecule has 0 radical (unpaired) electrons. The Balaban J connectivity index is 1.75. The van der Waals surface area contributed by atoms with Crippen molar-refractivity contribution in [1.82, 2.24) is 9.88 Å². The number of hydrogen-bond donors (Lipinski definition) is 1. The molecule has 1 aliphatic rings. The third kappa shape index (κ3) is 4.05. The fourth-order valence-corrected chi connectivity index (χ4v) is 2.05. The summed E-state index contributed by atoms with van der Waals surface area (Å²) in [7, 11) is 2.10. The van der Waals surface area contributed by atoms with E-state index in [4.69, 9.17) is 10.5 Å². The number of nitrogens with zero attached hydrogens (tertiary/aromatic N) is 2. The molecular formula is C14H23N3O. The van der Waals surface area contributed by atoms with E-state index in [0.717, 1.165) is 25.7 Å². The summed E-state index contributed by atoms with van der Waals surface area (Å²) in [5.74, 6) is 0.834. The van der Waals surface area contributed by atoms with Crippen LogP contribution in [0.2, 0.25) is 0 Å². The lowest BCUT2D eigenvalue weighted by molar-refractivity contribution is 0.0922. The number of rotatable bonds is 8. The molecular weight excluding hydrogens is 226 g/mol. The number of hydrogen-bond acceptors (Lipinski definition) is 4. The van der Waals surface area contributed by atoms with Gasteiger partial charge in [-0.2, -0.15) is 0 Å². The van der Waals surface area contributed by atoms with Crippen LogP contribution in [0.3, 0.4) is 0 Å². The van der Waals surface area contributed by atoms with Crippen molar-refractivity contribution in [2.24, 2.45) is 11.7 Å². The fraction of sp³-hybridized carbons (Fsp3) is 0.643. The monoisotopic (exact) mass is 249 g/mol. The van der Waals surface area contributed by atoms with E-state index in [1.54, 1.807) is 0 Å². The second kappa shape index (κ2) is 6.83. The maximum Gasteiger partial charge on any atom is 0.0593 e. The summed E-state index contributed by atoms with van der Waals surface area (Å²) in [6.45, 7) is 3.24. The van der Waals surface area contributed by atoms with Crippen LogP contribution in [0.4, 0.5) is 0 Å². The van der Waals surface area contributed by atoms with Gasteiger partial charge < -0.3 is 10.5 Å². The minimum Gasteiger partial charge on any atom is -0.380 e. The van der Waals surface area contributed by atoms with Gasteiger partial charge in [0.25, 0.3) is 0 Å². The fourth-order valence-electron chi connectivity index (χ4n) is 2.05. The molecule has 0 aliphatic heterocycles. The third-order valence-corrected chi connectivity index (χ3v) is 3.49. The van der Waals surface area contributed by atoms with Crippen molar-refractivity contribution in [1.29, 1.82) is 0 Å². The molecule has 2 rings (SSSR count). The van der Waals surface area contributed by atoms with Crippen molar-refractivity contribution in [3.05, 3.63) is 30.1 Å². The molecule has 1 unspecified atom stereocenters. The van der Waals surface area contributed by atoms with Crippen molar-refractivity contribution in [3.63, 3.8) is 0 Å². The molecule has 4 heteroatoms. The van der Waals surface area contributed by atoms with E-state index in [0.29, 0.717) is 6.54 Å². The summed E-state index contributed by atoms with van der Waals surface area (Å²) >= 11 is 0. The standard InChI is InChI=1S/C14H23N3O/c1-17(8-9-18-11-12-2-3-12)14(10-15)13-4-6-16-7-5-13/h4-7,12,14H,2-3,8-11,15H2,1H3. The number of pyridine rings is 1. The summed E-state index contributed by atoms with van der Waals surface area (Å²) in [6, 6.07) is 4.30. The molecule has 0 saturated heterocycles. The zero-order chi connectivity index (χ0) is 12.8. The highest BCUT2D eigenvalue weighted by molar-refractivity contribution is 5.15. The molecule has 18 heavy (non-hydrogen) atoms. The topological polar surface area (TPSA) is 51.4 Å². The second-order valence-electron chi connectivity index (χ2n) is 5.03. The van der Waals surface area contributed by atoms with Crippen LogP contribution in [0.1, 0.15) is 24.4 Å². The quantitative estimate of drug-likeness (QED) is 0.708. The summed E-state index contributed by atoms with van der Waals surface area (Å²) < 4.78 is 5.66. The van der Waals surface area contributed by atoms with Crippen molar-refractivity contribution < 1.29 is 4.74 Å². The predicted molar refractivity (Wildman–Crippen MR) is 72.2 cm³/mol. The van der Waals surface area contributed by atoms with E-state index in [1.165, 1.54) is 18.4 Å². The molecule has 0 amide bonds. The molecule has 100 valence electrons. The van der Waals surface area contributed by atoms with Gasteiger partial charge in [-0.05, 0) is 43.5 Å². The minimum absolute atomic E-state index is 0.248. The third-order valence-electron chi connectivity index (χ3n) is 3.49. The minimum atomic E-state index is 0.248. The maximum atomic E-state index is 5.87. The number of likely N-dealkylation sites (N-methyl/N-ethyl adjacent to an activating group) is 1. The zero-order valence-corrected chi connectivity index (χ0v) is 11.1. The lowest BCUT2D eigenvalue weighted by Gasteiger charge is -2.27. The van der Waals surface area contributed by atoms with Gasteiger partial charge in [0.15, 0.2) is 0 Å². The Kier molecular flexibility index (Phi) is 5.11. The molecule has 1 heterocycles. The summed E-state index contributed by atoms with van der Waals surface area (Å²) in [5.41, 5.74) is 7.08. The lowest BCUT2D eigenvalue weighted by Crippen LogP contribution is -2.33. The second-order valence-corrected chi connectivity index (χ2v) is 5.03. The summed E-state index contributed by atoms with van der Waals surface area (Å²) in [5, 5.41) is 0. The first kappa shape index (κ1) is 13.5. The highest BCUT2D eigenvalue weighted by Crippen LogP contribution is 2.28. The average molecular weight is 249 g/mol. The Bertz CT molecular complexity index is 340. The summed E-state index contributed by atoms with van der Waals surface area (Å²) in [6.07, 6.45) is 6.32. The van der Waals surface area contributed by atoms with Crippen LogP contribution in [0.15, 0.2) is 24.5 Å². The highest BCUT2D eigenvalue weighted by Gasteiger charge is 2.21. The van der Waals surface area contributed by atoms with Gasteiger partial charge in [0.05, 0.1) is 6.61 Å². The molecule has 2 N–H and O–H groups in total. The largest absolute Gasteiger partial charge is 0.380 e. The van der Waals surface area contributed by atoms with E-state index >= 15 is 0 Å². The van der Waals surface area contributed by atoms with Crippen LogP contribution in [-0.2, 0) is 4.74 Å². The van der Waals surface area contributed by atoms with Gasteiger partial charge in [-0.15, -0.1) is 0 Å². The van der Waals surface area contributed by atoms with E-state index < -0.39 is 0 Å². The van der Waals surface area contributed by atoms with Gasteiger partial charge in [-0.1, -0.05) is 0 Å². The van der Waals surface area contributed by atoms with Crippen LogP contribution in [0.25, 0.3) is 0 Å². The van der Waals surface area contributed by atoms with E-state index in [-0.39, 0.29) is 6.04 Å². The first-order valence-corrected chi connectivity index (χ1v) is 6.69. The number of ether oxygens (including phenoxy) is 1. The molecule has 0 aromatic carbocycles. The lowest BCUT2D eigenvalue weighted by atomic mass is 10.1. The van der Waals surface area contributed by atoms with Crippen molar-refractivity contribution in [2.75, 3.05) is 33.4 Å². The molecule has 1 atom stereocenters. The Morgan fingerprint density at radius 2 is 2.17 bits per heavy atom. The van der Waals surface area contributed by atoms with Gasteiger partial charge in [0, 0.05) is 38.1 Å². The predicted octanol–water partition coefficient (Wildman–Crippen LogP) is 1.44. The smallest absolute Gasteiger partial charge is 0.0593 e. The molecule has 0 spiro atoms. The normalized spacial score (nSPS) is 17.1. The zero-order valence-electron chi connectivity index (χ0n) is 11.1. The van der Waals surface area contributed by atoms with Gasteiger partial charge in [0.1, 0.15) is 0 Å². The van der Waals surface area contributed by atoms with Crippen LogP contribution in [0, 0.1) is 5.92 Å². The first-order valence-electron chi connectivity index (χ1n) is 6.69. The first-order chi connectivity index (χ1) is 8.81. The van der Waals surface area contributed by atoms with Gasteiger partial charge in [-0.3, -0.25) is 9.88 Å². The molecule has 4 nitrogen and oxygen atoms in total. The Morgan fingerprint density at radius 3 is 2.78 bits per heavy atom. The number of aromatic nitrogens is 1. The van der Waals surface area contributed by atoms with Gasteiger partial charge in [0.2, 0.25) is 0 Å². The van der Waals surface area contributed by atoms with Gasteiger partial charge >= 0.3 is 0 Å². The van der Waals surface area contributed by atoms with Crippen LogP contribution < -0.4 is 5.73 Å². The Morgan fingerprint density at radius 1 is 1.44 bits per heavy atom.